The first kappa shape index (κ1) is 28.1. The number of benzene rings is 3. The van der Waals surface area contributed by atoms with Gasteiger partial charge in [0.25, 0.3) is 0 Å². The van der Waals surface area contributed by atoms with E-state index in [4.69, 9.17) is 4.74 Å². The summed E-state index contributed by atoms with van der Waals surface area (Å²) in [7, 11) is 0. The summed E-state index contributed by atoms with van der Waals surface area (Å²) in [6, 6.07) is 21.3. The van der Waals surface area contributed by atoms with Crippen LogP contribution in [0.25, 0.3) is 22.4 Å². The maximum absolute atomic E-state index is 14.5. The number of amides is 2. The lowest BCUT2D eigenvalue weighted by Crippen LogP contribution is -2.27. The van der Waals surface area contributed by atoms with Crippen molar-refractivity contribution in [2.75, 3.05) is 10.6 Å². The van der Waals surface area contributed by atoms with Crippen LogP contribution in [0.15, 0.2) is 78.9 Å². The van der Waals surface area contributed by atoms with Gasteiger partial charge in [-0.25, -0.2) is 9.18 Å². The molecule has 0 saturated carbocycles. The lowest BCUT2D eigenvalue weighted by Gasteiger charge is -2.21. The van der Waals surface area contributed by atoms with Crippen molar-refractivity contribution in [1.82, 2.24) is 10.2 Å². The van der Waals surface area contributed by atoms with Gasteiger partial charge < -0.3 is 10.1 Å². The van der Waals surface area contributed by atoms with Gasteiger partial charge in [0.15, 0.2) is 5.78 Å². The van der Waals surface area contributed by atoms with Crippen LogP contribution in [0, 0.1) is 12.7 Å². The highest BCUT2D eigenvalue weighted by molar-refractivity contribution is 6.12. The van der Waals surface area contributed by atoms with Crippen LogP contribution in [0.5, 0.6) is 0 Å². The van der Waals surface area contributed by atoms with Crippen LogP contribution in [-0.2, 0) is 9.53 Å². The van der Waals surface area contributed by atoms with Crippen molar-refractivity contribution >= 4 is 29.2 Å². The number of Topliss-reactive ketones (excluding diaryl/α,β-unsaturated/α-hetero) is 1. The Balaban J connectivity index is 1.56. The van der Waals surface area contributed by atoms with Crippen molar-refractivity contribution in [3.05, 3.63) is 95.9 Å². The molecule has 4 rings (SSSR count). The van der Waals surface area contributed by atoms with Crippen LogP contribution in [0.1, 0.15) is 43.2 Å². The van der Waals surface area contributed by atoms with Crippen LogP contribution in [0.4, 0.5) is 20.6 Å². The molecule has 0 aliphatic rings. The monoisotopic (exact) mass is 540 g/mol. The predicted molar refractivity (Wildman–Crippen MR) is 151 cm³/mol. The first-order valence-corrected chi connectivity index (χ1v) is 12.6. The van der Waals surface area contributed by atoms with E-state index in [9.17, 15) is 18.8 Å². The Kier molecular flexibility index (Phi) is 8.33. The molecule has 0 fully saturated rings. The van der Waals surface area contributed by atoms with E-state index in [-0.39, 0.29) is 11.4 Å². The molecule has 40 heavy (non-hydrogen) atoms. The SMILES string of the molecule is Cc1ccc(-c2cccc(C(=O)CC(=O)Nc3cc(-c4ccccc4F)ccc3NC(=O)OC(C)(C)C)c2)nn1. The Morgan fingerprint density at radius 3 is 2.30 bits per heavy atom. The summed E-state index contributed by atoms with van der Waals surface area (Å²) in [5.74, 6) is -1.46. The summed E-state index contributed by atoms with van der Waals surface area (Å²) in [6.45, 7) is 7.00. The first-order valence-electron chi connectivity index (χ1n) is 12.6. The number of carbonyl (C=O) groups excluding carboxylic acids is 3. The van der Waals surface area contributed by atoms with Crippen molar-refractivity contribution in [2.24, 2.45) is 0 Å². The van der Waals surface area contributed by atoms with Gasteiger partial charge in [0, 0.05) is 16.7 Å². The van der Waals surface area contributed by atoms with E-state index in [0.29, 0.717) is 27.9 Å². The zero-order valence-corrected chi connectivity index (χ0v) is 22.6. The third-order valence-electron chi connectivity index (χ3n) is 5.71. The average molecular weight is 541 g/mol. The molecule has 2 amide bonds. The van der Waals surface area contributed by atoms with Gasteiger partial charge >= 0.3 is 6.09 Å². The number of ether oxygens (including phenoxy) is 1. The second-order valence-corrected chi connectivity index (χ2v) is 10.2. The number of nitrogens with zero attached hydrogens (tertiary/aromatic N) is 2. The van der Waals surface area contributed by atoms with Crippen LogP contribution in [0.3, 0.4) is 0 Å². The summed E-state index contributed by atoms with van der Waals surface area (Å²) in [4.78, 5) is 38.4. The van der Waals surface area contributed by atoms with E-state index in [2.05, 4.69) is 20.8 Å². The summed E-state index contributed by atoms with van der Waals surface area (Å²) < 4.78 is 19.8. The number of anilines is 2. The van der Waals surface area contributed by atoms with Crippen molar-refractivity contribution in [3.8, 4) is 22.4 Å². The number of hydrogen-bond donors (Lipinski definition) is 2. The molecule has 4 aromatic rings. The molecule has 8 nitrogen and oxygen atoms in total. The van der Waals surface area contributed by atoms with E-state index in [1.807, 2.05) is 13.0 Å². The molecule has 0 bridgehead atoms. The summed E-state index contributed by atoms with van der Waals surface area (Å²) >= 11 is 0. The predicted octanol–water partition coefficient (Wildman–Crippen LogP) is 6.82. The van der Waals surface area contributed by atoms with Crippen molar-refractivity contribution in [1.29, 1.82) is 0 Å². The molecule has 1 heterocycles. The van der Waals surface area contributed by atoms with Crippen molar-refractivity contribution in [3.63, 3.8) is 0 Å². The zero-order valence-electron chi connectivity index (χ0n) is 22.6. The van der Waals surface area contributed by atoms with Crippen LogP contribution in [-0.4, -0.2) is 33.6 Å². The molecule has 0 spiro atoms. The quantitative estimate of drug-likeness (QED) is 0.197. The highest BCUT2D eigenvalue weighted by Gasteiger charge is 2.20. The molecular weight excluding hydrogens is 511 g/mol. The molecule has 0 unspecified atom stereocenters. The van der Waals surface area contributed by atoms with Crippen LogP contribution < -0.4 is 10.6 Å². The summed E-state index contributed by atoms with van der Waals surface area (Å²) in [5.41, 5.74) is 2.87. The molecule has 0 saturated heterocycles. The van der Waals surface area contributed by atoms with Crippen LogP contribution in [0.2, 0.25) is 0 Å². The molecule has 0 radical (unpaired) electrons. The lowest BCUT2D eigenvalue weighted by atomic mass is 10.0. The smallest absolute Gasteiger partial charge is 0.412 e. The van der Waals surface area contributed by atoms with E-state index in [1.54, 1.807) is 75.4 Å². The number of ketones is 1. The van der Waals surface area contributed by atoms with Crippen molar-refractivity contribution in [2.45, 2.75) is 39.7 Å². The number of rotatable bonds is 7. The molecular formula is C31H29FN4O4. The van der Waals surface area contributed by atoms with Gasteiger partial charge in [-0.3, -0.25) is 14.9 Å². The van der Waals surface area contributed by atoms with Gasteiger partial charge in [-0.1, -0.05) is 42.5 Å². The first-order chi connectivity index (χ1) is 19.0. The normalized spacial score (nSPS) is 11.0. The number of aromatic nitrogens is 2. The molecule has 3 aromatic carbocycles. The highest BCUT2D eigenvalue weighted by Crippen LogP contribution is 2.31. The fourth-order valence-corrected chi connectivity index (χ4v) is 3.88. The second kappa shape index (κ2) is 11.9. The molecule has 0 aliphatic carbocycles. The number of carbonyl (C=O) groups is 3. The number of aryl methyl sites for hydroxylation is 1. The molecule has 2 N–H and O–H groups in total. The van der Waals surface area contributed by atoms with Gasteiger partial charge in [0.1, 0.15) is 11.4 Å². The maximum Gasteiger partial charge on any atom is 0.412 e. The van der Waals surface area contributed by atoms with Gasteiger partial charge in [0.2, 0.25) is 5.91 Å². The Labute approximate surface area is 231 Å². The molecule has 0 aliphatic heterocycles. The minimum Gasteiger partial charge on any atom is -0.444 e. The second-order valence-electron chi connectivity index (χ2n) is 10.2. The largest absolute Gasteiger partial charge is 0.444 e. The van der Waals surface area contributed by atoms with E-state index >= 15 is 0 Å². The Bertz CT molecular complexity index is 1560. The Hall–Kier alpha value is -4.92. The Morgan fingerprint density at radius 1 is 0.825 bits per heavy atom. The van der Waals surface area contributed by atoms with Crippen molar-refractivity contribution < 1.29 is 23.5 Å². The molecule has 1 aromatic heterocycles. The highest BCUT2D eigenvalue weighted by atomic mass is 19.1. The lowest BCUT2D eigenvalue weighted by molar-refractivity contribution is -0.115. The van der Waals surface area contributed by atoms with Gasteiger partial charge in [0.05, 0.1) is 29.2 Å². The van der Waals surface area contributed by atoms with Gasteiger partial charge in [-0.15, -0.1) is 0 Å². The van der Waals surface area contributed by atoms with Crippen LogP contribution >= 0.6 is 0 Å². The fraction of sp³-hybridized carbons (Fsp3) is 0.194. The number of halogens is 1. The topological polar surface area (TPSA) is 110 Å². The molecule has 0 atom stereocenters. The summed E-state index contributed by atoms with van der Waals surface area (Å²) in [5, 5.41) is 13.5. The zero-order chi connectivity index (χ0) is 28.9. The number of hydrogen-bond acceptors (Lipinski definition) is 6. The fourth-order valence-electron chi connectivity index (χ4n) is 3.88. The standard InChI is InChI=1S/C31H29FN4O4/c1-19-12-14-25(36-35-19)21-8-7-9-22(16-21)28(37)18-29(38)33-27-17-20(23-10-5-6-11-24(23)32)13-15-26(27)34-30(39)40-31(2,3)4/h5-17H,18H2,1-4H3,(H,33,38)(H,34,39). The third kappa shape index (κ3) is 7.35. The van der Waals surface area contributed by atoms with E-state index in [0.717, 1.165) is 5.69 Å². The third-order valence-corrected chi connectivity index (χ3v) is 5.71. The van der Waals surface area contributed by atoms with Gasteiger partial charge in [-0.2, -0.15) is 10.2 Å². The average Bonchev–Trinajstić information content (AvgIpc) is 2.89. The molecule has 9 heteroatoms. The number of nitrogens with one attached hydrogen (secondary N) is 2. The van der Waals surface area contributed by atoms with E-state index < -0.39 is 35.6 Å². The Morgan fingerprint density at radius 2 is 1.60 bits per heavy atom. The molecule has 204 valence electrons. The minimum absolute atomic E-state index is 0.188. The van der Waals surface area contributed by atoms with E-state index in [1.165, 1.54) is 18.2 Å². The minimum atomic E-state index is -0.744. The summed E-state index contributed by atoms with van der Waals surface area (Å²) in [6.07, 6.45) is -1.19. The van der Waals surface area contributed by atoms with Gasteiger partial charge in [-0.05, 0) is 69.7 Å². The maximum atomic E-state index is 14.5.